The molecule has 0 radical (unpaired) electrons. The molecular formula is C10H17N3O4. The van der Waals surface area contributed by atoms with E-state index in [1.165, 1.54) is 9.80 Å². The molecule has 0 aromatic rings. The number of carbonyl (C=O) groups is 3. The highest BCUT2D eigenvalue weighted by Gasteiger charge is 2.32. The lowest BCUT2D eigenvalue weighted by Gasteiger charge is -2.36. The minimum absolute atomic E-state index is 0.212. The summed E-state index contributed by atoms with van der Waals surface area (Å²) in [5.74, 6) is -1.27. The first kappa shape index (κ1) is 13.3. The van der Waals surface area contributed by atoms with E-state index < -0.39 is 18.0 Å². The van der Waals surface area contributed by atoms with Crippen LogP contribution in [0.3, 0.4) is 0 Å². The summed E-state index contributed by atoms with van der Waals surface area (Å²) < 4.78 is 0. The van der Waals surface area contributed by atoms with E-state index in [1.54, 1.807) is 13.8 Å². The SMILES string of the molecule is CCN(CC(=O)O)C(=O)N1CCNC(=O)C1C. The molecule has 0 saturated carbocycles. The van der Waals surface area contributed by atoms with Gasteiger partial charge in [0, 0.05) is 19.6 Å². The number of urea groups is 1. The highest BCUT2D eigenvalue weighted by Crippen LogP contribution is 2.08. The summed E-state index contributed by atoms with van der Waals surface area (Å²) in [6.45, 7) is 4.09. The van der Waals surface area contributed by atoms with Crippen molar-refractivity contribution in [3.05, 3.63) is 0 Å². The maximum absolute atomic E-state index is 12.0. The van der Waals surface area contributed by atoms with Gasteiger partial charge in [-0.05, 0) is 13.8 Å². The molecule has 1 unspecified atom stereocenters. The van der Waals surface area contributed by atoms with Crippen LogP contribution in [-0.4, -0.2) is 65.0 Å². The Kier molecular flexibility index (Phi) is 4.30. The van der Waals surface area contributed by atoms with Crippen LogP contribution in [0.1, 0.15) is 13.8 Å². The molecule has 96 valence electrons. The van der Waals surface area contributed by atoms with Gasteiger partial charge in [-0.1, -0.05) is 0 Å². The number of aliphatic carboxylic acids is 1. The zero-order valence-electron chi connectivity index (χ0n) is 9.97. The predicted octanol–water partition coefficient (Wildman–Crippen LogP) is -0.667. The first-order valence-electron chi connectivity index (χ1n) is 5.52. The molecule has 1 aliphatic rings. The van der Waals surface area contributed by atoms with E-state index in [2.05, 4.69) is 5.32 Å². The lowest BCUT2D eigenvalue weighted by Crippen LogP contribution is -2.59. The summed E-state index contributed by atoms with van der Waals surface area (Å²) in [7, 11) is 0. The topological polar surface area (TPSA) is 90.0 Å². The molecule has 0 spiro atoms. The molecule has 0 aromatic heterocycles. The molecule has 1 heterocycles. The molecule has 2 N–H and O–H groups in total. The summed E-state index contributed by atoms with van der Waals surface area (Å²) in [5.41, 5.74) is 0. The second-order valence-corrected chi connectivity index (χ2v) is 3.85. The van der Waals surface area contributed by atoms with E-state index in [-0.39, 0.29) is 12.5 Å². The van der Waals surface area contributed by atoms with Crippen LogP contribution in [0, 0.1) is 0 Å². The fraction of sp³-hybridized carbons (Fsp3) is 0.700. The van der Waals surface area contributed by atoms with Crippen molar-refractivity contribution in [2.24, 2.45) is 0 Å². The van der Waals surface area contributed by atoms with Gasteiger partial charge in [-0.2, -0.15) is 0 Å². The van der Waals surface area contributed by atoms with Crippen LogP contribution in [0.2, 0.25) is 0 Å². The predicted molar refractivity (Wildman–Crippen MR) is 59.5 cm³/mol. The summed E-state index contributed by atoms with van der Waals surface area (Å²) in [5, 5.41) is 11.3. The van der Waals surface area contributed by atoms with Crippen LogP contribution in [0.4, 0.5) is 4.79 Å². The lowest BCUT2D eigenvalue weighted by atomic mass is 10.2. The Labute approximate surface area is 99.4 Å². The maximum Gasteiger partial charge on any atom is 0.323 e. The van der Waals surface area contributed by atoms with Crippen LogP contribution in [0.5, 0.6) is 0 Å². The number of nitrogens with zero attached hydrogens (tertiary/aromatic N) is 2. The third-order valence-electron chi connectivity index (χ3n) is 2.72. The molecule has 17 heavy (non-hydrogen) atoms. The molecule has 1 saturated heterocycles. The molecule has 1 fully saturated rings. The monoisotopic (exact) mass is 243 g/mol. The van der Waals surface area contributed by atoms with E-state index in [4.69, 9.17) is 5.11 Å². The van der Waals surface area contributed by atoms with Crippen LogP contribution in [-0.2, 0) is 9.59 Å². The zero-order valence-corrected chi connectivity index (χ0v) is 9.97. The number of amides is 3. The van der Waals surface area contributed by atoms with Gasteiger partial charge in [0.2, 0.25) is 5.91 Å². The molecule has 7 nitrogen and oxygen atoms in total. The standard InChI is InChI=1S/C10H17N3O4/c1-3-12(6-8(14)15)10(17)13-5-4-11-9(16)7(13)2/h7H,3-6H2,1-2H3,(H,11,16)(H,14,15). The van der Waals surface area contributed by atoms with E-state index in [1.807, 2.05) is 0 Å². The van der Waals surface area contributed by atoms with Crippen LogP contribution < -0.4 is 5.32 Å². The summed E-state index contributed by atoms with van der Waals surface area (Å²) in [6, 6.07) is -0.962. The average molecular weight is 243 g/mol. The average Bonchev–Trinajstić information content (AvgIpc) is 2.28. The quantitative estimate of drug-likeness (QED) is 0.688. The van der Waals surface area contributed by atoms with Crippen molar-refractivity contribution in [1.29, 1.82) is 0 Å². The molecule has 1 atom stereocenters. The molecule has 1 rings (SSSR count). The van der Waals surface area contributed by atoms with E-state index in [0.29, 0.717) is 19.6 Å². The minimum atomic E-state index is -1.06. The molecule has 1 aliphatic heterocycles. The summed E-state index contributed by atoms with van der Waals surface area (Å²) >= 11 is 0. The van der Waals surface area contributed by atoms with Crippen molar-refractivity contribution in [1.82, 2.24) is 15.1 Å². The van der Waals surface area contributed by atoms with Crippen LogP contribution >= 0.6 is 0 Å². The smallest absolute Gasteiger partial charge is 0.323 e. The van der Waals surface area contributed by atoms with Crippen molar-refractivity contribution >= 4 is 17.9 Å². The Bertz CT molecular complexity index is 332. The third kappa shape index (κ3) is 3.08. The molecule has 0 aromatic carbocycles. The van der Waals surface area contributed by atoms with E-state index in [0.717, 1.165) is 0 Å². The summed E-state index contributed by atoms with van der Waals surface area (Å²) in [4.78, 5) is 36.6. The number of hydrogen-bond acceptors (Lipinski definition) is 3. The molecule has 0 bridgehead atoms. The number of hydrogen-bond donors (Lipinski definition) is 2. The largest absolute Gasteiger partial charge is 0.480 e. The Morgan fingerprint density at radius 1 is 1.59 bits per heavy atom. The first-order chi connectivity index (χ1) is 7.97. The zero-order chi connectivity index (χ0) is 13.0. The van der Waals surface area contributed by atoms with Gasteiger partial charge < -0.3 is 20.2 Å². The van der Waals surface area contributed by atoms with Gasteiger partial charge in [0.1, 0.15) is 12.6 Å². The normalized spacial score (nSPS) is 19.8. The highest BCUT2D eigenvalue weighted by atomic mass is 16.4. The fourth-order valence-corrected chi connectivity index (χ4v) is 1.70. The fourth-order valence-electron chi connectivity index (χ4n) is 1.70. The first-order valence-corrected chi connectivity index (χ1v) is 5.52. The minimum Gasteiger partial charge on any atom is -0.480 e. The van der Waals surface area contributed by atoms with Crippen molar-refractivity contribution in [2.75, 3.05) is 26.2 Å². The second kappa shape index (κ2) is 5.51. The number of carbonyl (C=O) groups excluding carboxylic acids is 2. The van der Waals surface area contributed by atoms with Crippen molar-refractivity contribution in [2.45, 2.75) is 19.9 Å². The lowest BCUT2D eigenvalue weighted by molar-refractivity contribution is -0.137. The van der Waals surface area contributed by atoms with Gasteiger partial charge in [-0.15, -0.1) is 0 Å². The molecule has 3 amide bonds. The summed E-state index contributed by atoms with van der Waals surface area (Å²) in [6.07, 6.45) is 0. The van der Waals surface area contributed by atoms with Gasteiger partial charge >= 0.3 is 12.0 Å². The highest BCUT2D eigenvalue weighted by molar-refractivity contribution is 5.88. The van der Waals surface area contributed by atoms with Gasteiger partial charge in [0.15, 0.2) is 0 Å². The Morgan fingerprint density at radius 2 is 2.24 bits per heavy atom. The van der Waals surface area contributed by atoms with Crippen LogP contribution in [0.15, 0.2) is 0 Å². The van der Waals surface area contributed by atoms with Crippen LogP contribution in [0.25, 0.3) is 0 Å². The number of carboxylic acids is 1. The van der Waals surface area contributed by atoms with Crippen molar-refractivity contribution < 1.29 is 19.5 Å². The Balaban J connectivity index is 2.72. The van der Waals surface area contributed by atoms with Gasteiger partial charge in [-0.3, -0.25) is 9.59 Å². The molecular weight excluding hydrogens is 226 g/mol. The maximum atomic E-state index is 12.0. The number of nitrogens with one attached hydrogen (secondary N) is 1. The van der Waals surface area contributed by atoms with E-state index in [9.17, 15) is 14.4 Å². The van der Waals surface area contributed by atoms with Gasteiger partial charge in [0.05, 0.1) is 0 Å². The van der Waals surface area contributed by atoms with E-state index >= 15 is 0 Å². The van der Waals surface area contributed by atoms with Gasteiger partial charge in [0.25, 0.3) is 0 Å². The second-order valence-electron chi connectivity index (χ2n) is 3.85. The number of rotatable bonds is 3. The molecule has 7 heteroatoms. The number of carboxylic acid groups (broad SMARTS) is 1. The number of piperazine rings is 1. The molecule has 0 aliphatic carbocycles. The Morgan fingerprint density at radius 3 is 2.76 bits per heavy atom. The van der Waals surface area contributed by atoms with Gasteiger partial charge in [-0.25, -0.2) is 4.79 Å². The Hall–Kier alpha value is -1.79. The third-order valence-corrected chi connectivity index (χ3v) is 2.72. The van der Waals surface area contributed by atoms with Crippen molar-refractivity contribution in [3.63, 3.8) is 0 Å². The number of likely N-dealkylation sites (N-methyl/N-ethyl adjacent to an activating group) is 1. The van der Waals surface area contributed by atoms with Crippen molar-refractivity contribution in [3.8, 4) is 0 Å².